The second-order valence-corrected chi connectivity index (χ2v) is 9.92. The molecule has 0 spiro atoms. The predicted octanol–water partition coefficient (Wildman–Crippen LogP) is 7.10. The summed E-state index contributed by atoms with van der Waals surface area (Å²) in [5, 5.41) is 0. The highest BCUT2D eigenvalue weighted by Gasteiger charge is 2.33. The first-order chi connectivity index (χ1) is 15.8. The van der Waals surface area contributed by atoms with Crippen LogP contribution in [0.5, 0.6) is 0 Å². The summed E-state index contributed by atoms with van der Waals surface area (Å²) < 4.78 is 0. The summed E-state index contributed by atoms with van der Waals surface area (Å²) >= 11 is 0. The number of hydrogen-bond donors (Lipinski definition) is 0. The average molecular weight is 447 g/mol. The van der Waals surface area contributed by atoms with Crippen LogP contribution in [-0.4, -0.2) is 17.3 Å². The Hall–Kier alpha value is -2.55. The lowest BCUT2D eigenvalue weighted by Crippen LogP contribution is -2.30. The van der Waals surface area contributed by atoms with Gasteiger partial charge >= 0.3 is 0 Å². The number of benzene rings is 2. The minimum atomic E-state index is -0.0926. The summed E-state index contributed by atoms with van der Waals surface area (Å²) in [6.07, 6.45) is 5.04. The Kier molecular flexibility index (Phi) is 8.40. The van der Waals surface area contributed by atoms with Crippen LogP contribution < -0.4 is 0 Å². The third-order valence-corrected chi connectivity index (χ3v) is 7.47. The van der Waals surface area contributed by atoms with Gasteiger partial charge in [-0.2, -0.15) is 0 Å². The highest BCUT2D eigenvalue weighted by Crippen LogP contribution is 2.39. The van der Waals surface area contributed by atoms with Gasteiger partial charge in [0.1, 0.15) is 11.6 Å². The van der Waals surface area contributed by atoms with E-state index in [4.69, 9.17) is 0 Å². The zero-order valence-corrected chi connectivity index (χ0v) is 20.9. The summed E-state index contributed by atoms with van der Waals surface area (Å²) in [5.74, 6) is 0.626. The SMILES string of the molecule is CCCC(CC1CC(=O)c2c(cc(-c3ccccc3)c(C)c2C)C1)C(CC)C(=O)CC(C)=O. The summed E-state index contributed by atoms with van der Waals surface area (Å²) in [6.45, 7) is 9.87. The number of rotatable bonds is 10. The van der Waals surface area contributed by atoms with Crippen LogP contribution in [0.15, 0.2) is 36.4 Å². The van der Waals surface area contributed by atoms with Crippen molar-refractivity contribution in [2.75, 3.05) is 0 Å². The Balaban J connectivity index is 1.89. The van der Waals surface area contributed by atoms with Gasteiger partial charge in [0.2, 0.25) is 0 Å². The zero-order valence-electron chi connectivity index (χ0n) is 20.9. The molecule has 0 N–H and O–H groups in total. The van der Waals surface area contributed by atoms with Crippen molar-refractivity contribution in [1.82, 2.24) is 0 Å². The topological polar surface area (TPSA) is 51.2 Å². The molecule has 0 aliphatic heterocycles. The van der Waals surface area contributed by atoms with Gasteiger partial charge in [0.05, 0.1) is 6.42 Å². The number of hydrogen-bond acceptors (Lipinski definition) is 3. The maximum Gasteiger partial charge on any atom is 0.163 e. The Morgan fingerprint density at radius 1 is 1.03 bits per heavy atom. The van der Waals surface area contributed by atoms with Gasteiger partial charge in [0.25, 0.3) is 0 Å². The minimum absolute atomic E-state index is 0.0318. The largest absolute Gasteiger partial charge is 0.300 e. The van der Waals surface area contributed by atoms with Crippen molar-refractivity contribution in [3.05, 3.63) is 58.7 Å². The zero-order chi connectivity index (χ0) is 24.1. The lowest BCUT2D eigenvalue weighted by Gasteiger charge is -2.32. The molecule has 0 saturated heterocycles. The molecule has 1 aliphatic carbocycles. The Labute approximate surface area is 199 Å². The normalized spacial score (nSPS) is 17.4. The number of Topliss-reactive ketones (excluding diaryl/α,β-unsaturated/α-hetero) is 3. The molecule has 2 aromatic rings. The van der Waals surface area contributed by atoms with Crippen molar-refractivity contribution in [1.29, 1.82) is 0 Å². The molecule has 0 radical (unpaired) electrons. The van der Waals surface area contributed by atoms with E-state index in [2.05, 4.69) is 51.1 Å². The molecular formula is C30H38O3. The number of carbonyl (C=O) groups excluding carboxylic acids is 3. The fourth-order valence-corrected chi connectivity index (χ4v) is 5.85. The fraction of sp³-hybridized carbons (Fsp3) is 0.500. The molecular weight excluding hydrogens is 408 g/mol. The van der Waals surface area contributed by atoms with Crippen molar-refractivity contribution in [2.45, 2.75) is 79.6 Å². The van der Waals surface area contributed by atoms with Gasteiger partial charge in [-0.3, -0.25) is 14.4 Å². The summed E-state index contributed by atoms with van der Waals surface area (Å²) in [5.41, 5.74) is 6.72. The van der Waals surface area contributed by atoms with Crippen LogP contribution in [-0.2, 0) is 16.0 Å². The monoisotopic (exact) mass is 446 g/mol. The highest BCUT2D eigenvalue weighted by atomic mass is 16.1. The van der Waals surface area contributed by atoms with Crippen molar-refractivity contribution in [2.24, 2.45) is 17.8 Å². The van der Waals surface area contributed by atoms with E-state index in [0.29, 0.717) is 6.42 Å². The van der Waals surface area contributed by atoms with Gasteiger partial charge in [0, 0.05) is 17.9 Å². The van der Waals surface area contributed by atoms with Gasteiger partial charge in [-0.15, -0.1) is 0 Å². The molecule has 0 heterocycles. The smallest absolute Gasteiger partial charge is 0.163 e. The maximum atomic E-state index is 13.3. The average Bonchev–Trinajstić information content (AvgIpc) is 2.76. The molecule has 0 amide bonds. The molecule has 3 unspecified atom stereocenters. The van der Waals surface area contributed by atoms with E-state index in [9.17, 15) is 14.4 Å². The van der Waals surface area contributed by atoms with E-state index >= 15 is 0 Å². The second kappa shape index (κ2) is 11.0. The highest BCUT2D eigenvalue weighted by molar-refractivity contribution is 6.01. The van der Waals surface area contributed by atoms with Gasteiger partial charge in [0.15, 0.2) is 5.78 Å². The van der Waals surface area contributed by atoms with Crippen LogP contribution in [0.25, 0.3) is 11.1 Å². The quantitative estimate of drug-likeness (QED) is 0.366. The molecule has 3 rings (SSSR count). The molecule has 2 aromatic carbocycles. The van der Waals surface area contributed by atoms with Crippen LogP contribution in [0.1, 0.15) is 86.3 Å². The number of carbonyl (C=O) groups is 3. The molecule has 0 saturated carbocycles. The third kappa shape index (κ3) is 5.69. The van der Waals surface area contributed by atoms with Crippen molar-refractivity contribution >= 4 is 17.3 Å². The van der Waals surface area contributed by atoms with E-state index in [1.807, 2.05) is 13.0 Å². The van der Waals surface area contributed by atoms with Crippen LogP contribution in [0.4, 0.5) is 0 Å². The summed E-state index contributed by atoms with van der Waals surface area (Å²) in [4.78, 5) is 37.6. The van der Waals surface area contributed by atoms with Crippen LogP contribution in [0.3, 0.4) is 0 Å². The van der Waals surface area contributed by atoms with Crippen LogP contribution in [0.2, 0.25) is 0 Å². The summed E-state index contributed by atoms with van der Waals surface area (Å²) in [7, 11) is 0. The van der Waals surface area contributed by atoms with Gasteiger partial charge in [-0.05, 0) is 79.7 Å². The third-order valence-electron chi connectivity index (χ3n) is 7.47. The molecule has 3 atom stereocenters. The predicted molar refractivity (Wildman–Crippen MR) is 135 cm³/mol. The Morgan fingerprint density at radius 3 is 2.33 bits per heavy atom. The van der Waals surface area contributed by atoms with E-state index in [-0.39, 0.29) is 41.5 Å². The van der Waals surface area contributed by atoms with Crippen molar-refractivity contribution in [3.8, 4) is 11.1 Å². The molecule has 3 nitrogen and oxygen atoms in total. The van der Waals surface area contributed by atoms with Crippen molar-refractivity contribution in [3.63, 3.8) is 0 Å². The fourth-order valence-electron chi connectivity index (χ4n) is 5.85. The molecule has 0 fully saturated rings. The van der Waals surface area contributed by atoms with E-state index < -0.39 is 0 Å². The Bertz CT molecular complexity index is 1020. The van der Waals surface area contributed by atoms with E-state index in [1.54, 1.807) is 0 Å². The first-order valence-electron chi connectivity index (χ1n) is 12.5. The van der Waals surface area contributed by atoms with Crippen LogP contribution >= 0.6 is 0 Å². The number of fused-ring (bicyclic) bond motifs is 1. The Morgan fingerprint density at radius 2 is 1.73 bits per heavy atom. The lowest BCUT2D eigenvalue weighted by atomic mass is 9.71. The molecule has 33 heavy (non-hydrogen) atoms. The molecule has 1 aliphatic rings. The van der Waals surface area contributed by atoms with Gasteiger partial charge < -0.3 is 0 Å². The van der Waals surface area contributed by atoms with Gasteiger partial charge in [-0.25, -0.2) is 0 Å². The maximum absolute atomic E-state index is 13.3. The van der Waals surface area contributed by atoms with Gasteiger partial charge in [-0.1, -0.05) is 63.1 Å². The molecule has 176 valence electrons. The molecule has 3 heteroatoms. The lowest BCUT2D eigenvalue weighted by molar-refractivity contribution is -0.129. The number of ketones is 3. The van der Waals surface area contributed by atoms with E-state index in [1.165, 1.54) is 23.6 Å². The van der Waals surface area contributed by atoms with E-state index in [0.717, 1.165) is 48.8 Å². The molecule has 0 aromatic heterocycles. The summed E-state index contributed by atoms with van der Waals surface area (Å²) in [6, 6.07) is 12.6. The minimum Gasteiger partial charge on any atom is -0.300 e. The first-order valence-corrected chi connectivity index (χ1v) is 12.5. The molecule has 0 bridgehead atoms. The standard InChI is InChI=1S/C30H38O3/c1-6-11-24(26(7-2)28(32)14-19(3)31)15-22-16-25-18-27(23-12-9-8-10-13-23)20(4)21(5)30(25)29(33)17-22/h8-10,12-13,18,22,24,26H,6-7,11,14-17H2,1-5H3. The second-order valence-electron chi connectivity index (χ2n) is 9.92. The first kappa shape index (κ1) is 25.1. The van der Waals surface area contributed by atoms with Crippen LogP contribution in [0, 0.1) is 31.6 Å². The van der Waals surface area contributed by atoms with Crippen molar-refractivity contribution < 1.29 is 14.4 Å².